The number of pyridine rings is 1. The van der Waals surface area contributed by atoms with Gasteiger partial charge in [-0.3, -0.25) is 4.79 Å². The summed E-state index contributed by atoms with van der Waals surface area (Å²) in [6.07, 6.45) is -5.98. The highest BCUT2D eigenvalue weighted by molar-refractivity contribution is 7.13. The summed E-state index contributed by atoms with van der Waals surface area (Å²) in [5.74, 6) is -1.66. The number of amides is 1. The maximum absolute atomic E-state index is 13.2. The Morgan fingerprint density at radius 3 is 2.48 bits per heavy atom. The number of ether oxygens (including phenoxy) is 1. The first-order valence-corrected chi connectivity index (χ1v) is 10.7. The first-order chi connectivity index (χ1) is 15.7. The number of nitrogens with zero attached hydrogens (tertiary/aromatic N) is 1. The summed E-state index contributed by atoms with van der Waals surface area (Å²) in [5.41, 5.74) is -0.0393. The molecule has 1 amide bonds. The van der Waals surface area contributed by atoms with E-state index >= 15 is 0 Å². The summed E-state index contributed by atoms with van der Waals surface area (Å²) in [5, 5.41) is 4.62. The van der Waals surface area contributed by atoms with Gasteiger partial charge in [-0.15, -0.1) is 11.3 Å². The van der Waals surface area contributed by atoms with Gasteiger partial charge in [0.2, 0.25) is 0 Å². The fourth-order valence-corrected chi connectivity index (χ4v) is 3.93. The highest BCUT2D eigenvalue weighted by Gasteiger charge is 2.34. The standard InChI is InChI=1S/C24H17F3N2O3S/c1-14(22(30)29-19-10-5-3-8-17(19)24(25,26)27)32-23(31)16-13-20(21-11-6-12-33-21)28-18-9-4-2-7-15(16)18/h2-14H,1H3,(H,29,30). The zero-order chi connectivity index (χ0) is 23.6. The average Bonchev–Trinajstić information content (AvgIpc) is 3.33. The third-order valence-corrected chi connectivity index (χ3v) is 5.75. The molecule has 33 heavy (non-hydrogen) atoms. The molecule has 168 valence electrons. The van der Waals surface area contributed by atoms with Crippen molar-refractivity contribution in [2.75, 3.05) is 5.32 Å². The zero-order valence-corrected chi connectivity index (χ0v) is 18.0. The Kier molecular flexibility index (Phi) is 6.15. The summed E-state index contributed by atoms with van der Waals surface area (Å²) < 4.78 is 44.9. The van der Waals surface area contributed by atoms with E-state index < -0.39 is 35.4 Å². The minimum absolute atomic E-state index is 0.208. The van der Waals surface area contributed by atoms with Gasteiger partial charge in [-0.2, -0.15) is 13.2 Å². The van der Waals surface area contributed by atoms with Gasteiger partial charge in [0.25, 0.3) is 5.91 Å². The Bertz CT molecular complexity index is 1320. The number of para-hydroxylation sites is 2. The molecular weight excluding hydrogens is 453 g/mol. The Hall–Kier alpha value is -3.72. The van der Waals surface area contributed by atoms with Crippen LogP contribution in [-0.2, 0) is 15.7 Å². The number of esters is 1. The highest BCUT2D eigenvalue weighted by Crippen LogP contribution is 2.34. The average molecular weight is 470 g/mol. The number of alkyl halides is 3. The molecule has 1 unspecified atom stereocenters. The maximum atomic E-state index is 13.2. The quantitative estimate of drug-likeness (QED) is 0.355. The number of hydrogen-bond donors (Lipinski definition) is 1. The number of fused-ring (bicyclic) bond motifs is 1. The van der Waals surface area contributed by atoms with Crippen LogP contribution in [0.1, 0.15) is 22.8 Å². The van der Waals surface area contributed by atoms with Crippen LogP contribution in [0.3, 0.4) is 0 Å². The maximum Gasteiger partial charge on any atom is 0.418 e. The van der Waals surface area contributed by atoms with Crippen molar-refractivity contribution in [1.82, 2.24) is 4.98 Å². The fraction of sp³-hybridized carbons (Fsp3) is 0.125. The number of aromatic nitrogens is 1. The van der Waals surface area contributed by atoms with Crippen LogP contribution in [-0.4, -0.2) is 23.0 Å². The molecule has 5 nitrogen and oxygen atoms in total. The third-order valence-electron chi connectivity index (χ3n) is 4.85. The molecular formula is C24H17F3N2O3S. The largest absolute Gasteiger partial charge is 0.449 e. The molecule has 0 bridgehead atoms. The van der Waals surface area contributed by atoms with Gasteiger partial charge < -0.3 is 10.1 Å². The molecule has 0 saturated heterocycles. The van der Waals surface area contributed by atoms with Crippen LogP contribution in [0.15, 0.2) is 72.1 Å². The molecule has 2 heterocycles. The molecule has 0 aliphatic rings. The molecule has 4 rings (SSSR count). The SMILES string of the molecule is CC(OC(=O)c1cc(-c2cccs2)nc2ccccc12)C(=O)Nc1ccccc1C(F)(F)F. The lowest BCUT2D eigenvalue weighted by Gasteiger charge is -2.17. The summed E-state index contributed by atoms with van der Waals surface area (Å²) in [7, 11) is 0. The number of carbonyl (C=O) groups is 2. The van der Waals surface area contributed by atoms with Crippen molar-refractivity contribution in [3.63, 3.8) is 0 Å². The summed E-state index contributed by atoms with van der Waals surface area (Å²) in [6.45, 7) is 1.30. The van der Waals surface area contributed by atoms with E-state index in [1.165, 1.54) is 30.4 Å². The lowest BCUT2D eigenvalue weighted by atomic mass is 10.1. The molecule has 0 fully saturated rings. The molecule has 0 spiro atoms. The molecule has 9 heteroatoms. The molecule has 0 aliphatic heterocycles. The molecule has 2 aromatic carbocycles. The second kappa shape index (κ2) is 9.03. The second-order valence-electron chi connectivity index (χ2n) is 7.13. The van der Waals surface area contributed by atoms with Gasteiger partial charge in [-0.05, 0) is 42.6 Å². The van der Waals surface area contributed by atoms with E-state index in [1.54, 1.807) is 30.3 Å². The van der Waals surface area contributed by atoms with Crippen molar-refractivity contribution in [1.29, 1.82) is 0 Å². The van der Waals surface area contributed by atoms with Crippen molar-refractivity contribution in [3.05, 3.63) is 83.2 Å². The molecule has 0 radical (unpaired) electrons. The Morgan fingerprint density at radius 2 is 1.76 bits per heavy atom. The van der Waals surface area contributed by atoms with Crippen molar-refractivity contribution in [2.24, 2.45) is 0 Å². The van der Waals surface area contributed by atoms with Gasteiger partial charge >= 0.3 is 12.1 Å². The van der Waals surface area contributed by atoms with Crippen LogP contribution in [0.4, 0.5) is 18.9 Å². The van der Waals surface area contributed by atoms with Crippen molar-refractivity contribution >= 4 is 39.8 Å². The highest BCUT2D eigenvalue weighted by atomic mass is 32.1. The minimum Gasteiger partial charge on any atom is -0.449 e. The monoisotopic (exact) mass is 470 g/mol. The number of hydrogen-bond acceptors (Lipinski definition) is 5. The fourth-order valence-electron chi connectivity index (χ4n) is 3.25. The summed E-state index contributed by atoms with van der Waals surface area (Å²) in [6, 6.07) is 16.9. The van der Waals surface area contributed by atoms with Gasteiger partial charge in [0.05, 0.1) is 32.9 Å². The molecule has 0 saturated carbocycles. The van der Waals surface area contributed by atoms with E-state index in [9.17, 15) is 22.8 Å². The number of thiophene rings is 1. The number of anilines is 1. The normalized spacial score (nSPS) is 12.4. The van der Waals surface area contributed by atoms with E-state index in [0.717, 1.165) is 17.0 Å². The predicted molar refractivity (Wildman–Crippen MR) is 120 cm³/mol. The summed E-state index contributed by atoms with van der Waals surface area (Å²) in [4.78, 5) is 30.9. The van der Waals surface area contributed by atoms with Gasteiger partial charge in [0.1, 0.15) is 0 Å². The van der Waals surface area contributed by atoms with E-state index in [0.29, 0.717) is 16.6 Å². The van der Waals surface area contributed by atoms with Gasteiger partial charge in [0, 0.05) is 5.39 Å². The first kappa shape index (κ1) is 22.5. The van der Waals surface area contributed by atoms with Crippen LogP contribution >= 0.6 is 11.3 Å². The topological polar surface area (TPSA) is 68.3 Å². The van der Waals surface area contributed by atoms with E-state index in [4.69, 9.17) is 4.74 Å². The van der Waals surface area contributed by atoms with Crippen LogP contribution in [0, 0.1) is 0 Å². The minimum atomic E-state index is -4.64. The van der Waals surface area contributed by atoms with E-state index in [2.05, 4.69) is 10.3 Å². The van der Waals surface area contributed by atoms with Crippen molar-refractivity contribution in [2.45, 2.75) is 19.2 Å². The second-order valence-corrected chi connectivity index (χ2v) is 8.08. The lowest BCUT2D eigenvalue weighted by Crippen LogP contribution is -2.31. The zero-order valence-electron chi connectivity index (χ0n) is 17.2. The molecule has 0 aliphatic carbocycles. The van der Waals surface area contributed by atoms with Crippen molar-refractivity contribution < 1.29 is 27.5 Å². The Morgan fingerprint density at radius 1 is 1.03 bits per heavy atom. The number of rotatable bonds is 5. The summed E-state index contributed by atoms with van der Waals surface area (Å²) >= 11 is 1.46. The van der Waals surface area contributed by atoms with Gasteiger partial charge in [-0.25, -0.2) is 9.78 Å². The Labute approximate surface area is 190 Å². The van der Waals surface area contributed by atoms with Crippen LogP contribution in [0.25, 0.3) is 21.5 Å². The van der Waals surface area contributed by atoms with Crippen molar-refractivity contribution in [3.8, 4) is 10.6 Å². The van der Waals surface area contributed by atoms with E-state index in [-0.39, 0.29) is 5.56 Å². The predicted octanol–water partition coefficient (Wildman–Crippen LogP) is 6.17. The van der Waals surface area contributed by atoms with Crippen LogP contribution in [0.5, 0.6) is 0 Å². The first-order valence-electron chi connectivity index (χ1n) is 9.86. The number of nitrogens with one attached hydrogen (secondary N) is 1. The molecule has 1 N–H and O–H groups in total. The van der Waals surface area contributed by atoms with Gasteiger partial charge in [-0.1, -0.05) is 36.4 Å². The van der Waals surface area contributed by atoms with Crippen LogP contribution in [0.2, 0.25) is 0 Å². The van der Waals surface area contributed by atoms with Gasteiger partial charge in [0.15, 0.2) is 6.10 Å². The number of benzene rings is 2. The Balaban J connectivity index is 1.58. The molecule has 1 atom stereocenters. The smallest absolute Gasteiger partial charge is 0.418 e. The molecule has 4 aromatic rings. The lowest BCUT2D eigenvalue weighted by molar-refractivity contribution is -0.137. The van der Waals surface area contributed by atoms with E-state index in [1.807, 2.05) is 17.5 Å². The third kappa shape index (κ3) is 4.88. The van der Waals surface area contributed by atoms with Crippen LogP contribution < -0.4 is 5.32 Å². The number of halogens is 3. The number of carbonyl (C=O) groups excluding carboxylic acids is 2. The molecule has 2 aromatic heterocycles.